The van der Waals surface area contributed by atoms with Crippen LogP contribution < -0.4 is 5.32 Å². The Morgan fingerprint density at radius 2 is 1.90 bits per heavy atom. The molecule has 0 radical (unpaired) electrons. The molecule has 1 aliphatic rings. The van der Waals surface area contributed by atoms with Gasteiger partial charge in [-0.25, -0.2) is 14.6 Å². The summed E-state index contributed by atoms with van der Waals surface area (Å²) in [4.78, 5) is 9.47. The standard InChI is InChI=1S/C16H23N5/c1-6-13-10(3)20-21(11(13)4)16-9(2)14(17-5)18-15(19-16)12-7-8-12/h12H,6-8H2,1-5H3,(H,17,18,19). The normalized spacial score (nSPS) is 14.5. The van der Waals surface area contributed by atoms with Crippen LogP contribution in [0.3, 0.4) is 0 Å². The van der Waals surface area contributed by atoms with Crippen molar-refractivity contribution in [3.63, 3.8) is 0 Å². The molecule has 2 aromatic rings. The van der Waals surface area contributed by atoms with Crippen molar-refractivity contribution in [3.8, 4) is 5.82 Å². The SMILES string of the molecule is CCc1c(C)nn(-c2nc(C3CC3)nc(NC)c2C)c1C. The van der Waals surface area contributed by atoms with Crippen molar-refractivity contribution in [2.24, 2.45) is 0 Å². The fourth-order valence-electron chi connectivity index (χ4n) is 2.89. The smallest absolute Gasteiger partial charge is 0.162 e. The Bertz CT molecular complexity index is 682. The molecular weight excluding hydrogens is 262 g/mol. The van der Waals surface area contributed by atoms with Crippen molar-refractivity contribution < 1.29 is 0 Å². The number of rotatable bonds is 4. The van der Waals surface area contributed by atoms with Crippen LogP contribution >= 0.6 is 0 Å². The van der Waals surface area contributed by atoms with Crippen molar-refractivity contribution >= 4 is 5.82 Å². The highest BCUT2D eigenvalue weighted by Gasteiger charge is 2.29. The Hall–Kier alpha value is -1.91. The summed E-state index contributed by atoms with van der Waals surface area (Å²) in [6.45, 7) is 8.42. The number of hydrogen-bond acceptors (Lipinski definition) is 4. The number of nitrogens with zero attached hydrogens (tertiary/aromatic N) is 4. The highest BCUT2D eigenvalue weighted by molar-refractivity contribution is 5.52. The van der Waals surface area contributed by atoms with Gasteiger partial charge in [-0.05, 0) is 45.6 Å². The zero-order valence-electron chi connectivity index (χ0n) is 13.5. The van der Waals surface area contributed by atoms with Crippen molar-refractivity contribution in [1.82, 2.24) is 19.7 Å². The van der Waals surface area contributed by atoms with E-state index in [9.17, 15) is 0 Å². The van der Waals surface area contributed by atoms with Crippen LogP contribution in [0.2, 0.25) is 0 Å². The molecule has 0 unspecified atom stereocenters. The molecular formula is C16H23N5. The molecule has 0 aromatic carbocycles. The highest BCUT2D eigenvalue weighted by Crippen LogP contribution is 2.39. The molecule has 0 bridgehead atoms. The van der Waals surface area contributed by atoms with Gasteiger partial charge in [0, 0.05) is 24.2 Å². The molecule has 21 heavy (non-hydrogen) atoms. The topological polar surface area (TPSA) is 55.6 Å². The molecule has 5 nitrogen and oxygen atoms in total. The summed E-state index contributed by atoms with van der Waals surface area (Å²) in [7, 11) is 1.91. The first-order valence-corrected chi connectivity index (χ1v) is 7.68. The molecule has 112 valence electrons. The zero-order valence-corrected chi connectivity index (χ0v) is 13.5. The molecule has 2 aromatic heterocycles. The van der Waals surface area contributed by atoms with E-state index in [1.54, 1.807) is 0 Å². The summed E-state index contributed by atoms with van der Waals surface area (Å²) in [6, 6.07) is 0. The van der Waals surface area contributed by atoms with Crippen molar-refractivity contribution in [3.05, 3.63) is 28.3 Å². The average Bonchev–Trinajstić information content (AvgIpc) is 3.26. The maximum atomic E-state index is 4.81. The minimum atomic E-state index is 0.527. The maximum absolute atomic E-state index is 4.81. The fraction of sp³-hybridized carbons (Fsp3) is 0.562. The Kier molecular flexibility index (Phi) is 3.43. The maximum Gasteiger partial charge on any atom is 0.162 e. The van der Waals surface area contributed by atoms with E-state index in [0.29, 0.717) is 5.92 Å². The van der Waals surface area contributed by atoms with E-state index in [4.69, 9.17) is 10.1 Å². The van der Waals surface area contributed by atoms with Gasteiger partial charge in [-0.15, -0.1) is 0 Å². The second-order valence-electron chi connectivity index (χ2n) is 5.82. The van der Waals surface area contributed by atoms with Crippen LogP contribution in [-0.4, -0.2) is 26.8 Å². The Labute approximate surface area is 125 Å². The molecule has 1 saturated carbocycles. The van der Waals surface area contributed by atoms with Crippen LogP contribution in [-0.2, 0) is 6.42 Å². The predicted octanol–water partition coefficient (Wildman–Crippen LogP) is 3.07. The summed E-state index contributed by atoms with van der Waals surface area (Å²) in [5, 5.41) is 7.90. The third-order valence-electron chi connectivity index (χ3n) is 4.31. The summed E-state index contributed by atoms with van der Waals surface area (Å²) < 4.78 is 1.98. The zero-order chi connectivity index (χ0) is 15.1. The number of hydrogen-bond donors (Lipinski definition) is 1. The predicted molar refractivity (Wildman–Crippen MR) is 84.3 cm³/mol. The third-order valence-corrected chi connectivity index (χ3v) is 4.31. The molecule has 0 saturated heterocycles. The average molecular weight is 285 g/mol. The molecule has 3 rings (SSSR count). The van der Waals surface area contributed by atoms with Gasteiger partial charge in [-0.2, -0.15) is 5.10 Å². The molecule has 5 heteroatoms. The Balaban J connectivity index is 2.19. The van der Waals surface area contributed by atoms with Gasteiger partial charge in [-0.1, -0.05) is 6.92 Å². The van der Waals surface area contributed by atoms with Crippen molar-refractivity contribution in [1.29, 1.82) is 0 Å². The van der Waals surface area contributed by atoms with Gasteiger partial charge in [0.1, 0.15) is 11.6 Å². The van der Waals surface area contributed by atoms with Gasteiger partial charge in [0.15, 0.2) is 5.82 Å². The van der Waals surface area contributed by atoms with Gasteiger partial charge >= 0.3 is 0 Å². The number of aromatic nitrogens is 4. The highest BCUT2D eigenvalue weighted by atomic mass is 15.3. The fourth-order valence-corrected chi connectivity index (χ4v) is 2.89. The Morgan fingerprint density at radius 1 is 1.19 bits per heavy atom. The lowest BCUT2D eigenvalue weighted by molar-refractivity contribution is 0.772. The second-order valence-corrected chi connectivity index (χ2v) is 5.82. The van der Waals surface area contributed by atoms with Crippen molar-refractivity contribution in [2.45, 2.75) is 52.9 Å². The van der Waals surface area contributed by atoms with Crippen LogP contribution in [0.1, 0.15) is 54.0 Å². The molecule has 0 spiro atoms. The minimum absolute atomic E-state index is 0.527. The molecule has 0 atom stereocenters. The van der Waals surface area contributed by atoms with E-state index in [2.05, 4.69) is 38.0 Å². The van der Waals surface area contributed by atoms with Gasteiger partial charge in [0.05, 0.1) is 5.69 Å². The first-order valence-electron chi connectivity index (χ1n) is 7.68. The van der Waals surface area contributed by atoms with Crippen LogP contribution in [0, 0.1) is 20.8 Å². The summed E-state index contributed by atoms with van der Waals surface area (Å²) in [5.41, 5.74) is 4.63. The van der Waals surface area contributed by atoms with Crippen LogP contribution in [0.5, 0.6) is 0 Å². The summed E-state index contributed by atoms with van der Waals surface area (Å²) in [6.07, 6.45) is 3.39. The number of nitrogens with one attached hydrogen (secondary N) is 1. The van der Waals surface area contributed by atoms with Crippen LogP contribution in [0.4, 0.5) is 5.82 Å². The molecule has 1 N–H and O–H groups in total. The molecule has 1 aliphatic carbocycles. The minimum Gasteiger partial charge on any atom is -0.373 e. The molecule has 0 aliphatic heterocycles. The van der Waals surface area contributed by atoms with Crippen molar-refractivity contribution in [2.75, 3.05) is 12.4 Å². The third kappa shape index (κ3) is 2.30. The summed E-state index contributed by atoms with van der Waals surface area (Å²) in [5.74, 6) is 3.30. The monoisotopic (exact) mass is 285 g/mol. The second kappa shape index (κ2) is 5.13. The van der Waals surface area contributed by atoms with Gasteiger partial charge in [-0.3, -0.25) is 0 Å². The van der Waals surface area contributed by atoms with E-state index in [0.717, 1.165) is 35.1 Å². The lowest BCUT2D eigenvalue weighted by Crippen LogP contribution is -2.11. The quantitative estimate of drug-likeness (QED) is 0.938. The first-order chi connectivity index (χ1) is 10.1. The Morgan fingerprint density at radius 3 is 2.43 bits per heavy atom. The van der Waals surface area contributed by atoms with E-state index in [-0.39, 0.29) is 0 Å². The summed E-state index contributed by atoms with van der Waals surface area (Å²) >= 11 is 0. The van der Waals surface area contributed by atoms with Gasteiger partial charge < -0.3 is 5.32 Å². The van der Waals surface area contributed by atoms with Crippen LogP contribution in [0.25, 0.3) is 5.82 Å². The van der Waals surface area contributed by atoms with E-state index in [1.807, 2.05) is 11.7 Å². The largest absolute Gasteiger partial charge is 0.373 e. The first kappa shape index (κ1) is 14.0. The number of aryl methyl sites for hydroxylation is 1. The van der Waals surface area contributed by atoms with E-state index < -0.39 is 0 Å². The van der Waals surface area contributed by atoms with Gasteiger partial charge in [0.2, 0.25) is 0 Å². The van der Waals surface area contributed by atoms with Gasteiger partial charge in [0.25, 0.3) is 0 Å². The lowest BCUT2D eigenvalue weighted by atomic mass is 10.1. The van der Waals surface area contributed by atoms with E-state index >= 15 is 0 Å². The molecule has 0 amide bonds. The number of anilines is 1. The van der Waals surface area contributed by atoms with E-state index in [1.165, 1.54) is 24.1 Å². The molecule has 1 fully saturated rings. The van der Waals surface area contributed by atoms with Crippen LogP contribution in [0.15, 0.2) is 0 Å². The molecule has 2 heterocycles. The lowest BCUT2D eigenvalue weighted by Gasteiger charge is -2.13.